The summed E-state index contributed by atoms with van der Waals surface area (Å²) in [5.74, 6) is -1.95. The molecule has 2 heterocycles. The van der Waals surface area contributed by atoms with Gasteiger partial charge in [0.1, 0.15) is 13.2 Å². The smallest absolute Gasteiger partial charge is 0.337 e. The normalized spacial score (nSPS) is 22.4. The molecule has 204 valence electrons. The number of carbonyl (C=O) groups excluding carboxylic acids is 2. The molecule has 2 amide bonds. The Morgan fingerprint density at radius 2 is 1.53 bits per heavy atom. The summed E-state index contributed by atoms with van der Waals surface area (Å²) in [4.78, 5) is 42.8. The molecule has 9 heteroatoms. The van der Waals surface area contributed by atoms with Gasteiger partial charge in [-0.15, -0.1) is 0 Å². The molecular formula is C29H38N3O5P. The van der Waals surface area contributed by atoms with Gasteiger partial charge in [0.15, 0.2) is 5.28 Å². The van der Waals surface area contributed by atoms with E-state index in [4.69, 9.17) is 5.73 Å². The third kappa shape index (κ3) is 5.43. The Kier molecular flexibility index (Phi) is 8.74. The van der Waals surface area contributed by atoms with Gasteiger partial charge in [-0.1, -0.05) is 60.7 Å². The van der Waals surface area contributed by atoms with Gasteiger partial charge in [-0.2, -0.15) is 0 Å². The molecule has 0 unspecified atom stereocenters. The van der Waals surface area contributed by atoms with Crippen molar-refractivity contribution < 1.29 is 24.1 Å². The summed E-state index contributed by atoms with van der Waals surface area (Å²) in [6, 6.07) is 17.7. The SMILES string of the molecule is C[C@H](N)C(=O)N1CCC[C@H]1C(=O)N1CCC[C@]1(C(=O)O)P(=O)(CCc1ccccc1)CCc1ccccc1. The van der Waals surface area contributed by atoms with Gasteiger partial charge in [-0.05, 0) is 56.6 Å². The van der Waals surface area contributed by atoms with E-state index in [9.17, 15) is 19.5 Å². The molecule has 3 atom stereocenters. The number of likely N-dealkylation sites (tertiary alicyclic amines) is 2. The van der Waals surface area contributed by atoms with Crippen LogP contribution in [-0.2, 0) is 31.8 Å². The minimum absolute atomic E-state index is 0.142. The molecule has 0 spiro atoms. The number of carboxylic acids is 1. The lowest BCUT2D eigenvalue weighted by molar-refractivity contribution is -0.154. The number of nitrogens with zero attached hydrogens (tertiary/aromatic N) is 2. The minimum Gasteiger partial charge on any atom is -0.479 e. The highest BCUT2D eigenvalue weighted by atomic mass is 31.2. The molecule has 4 rings (SSSR count). The van der Waals surface area contributed by atoms with E-state index < -0.39 is 36.4 Å². The van der Waals surface area contributed by atoms with E-state index in [-0.39, 0.29) is 31.2 Å². The quantitative estimate of drug-likeness (QED) is 0.446. The lowest BCUT2D eigenvalue weighted by atomic mass is 10.1. The summed E-state index contributed by atoms with van der Waals surface area (Å²) >= 11 is 0. The first-order valence-electron chi connectivity index (χ1n) is 13.5. The van der Waals surface area contributed by atoms with Crippen LogP contribution in [0.2, 0.25) is 0 Å². The fourth-order valence-electron chi connectivity index (χ4n) is 6.04. The molecule has 38 heavy (non-hydrogen) atoms. The molecule has 2 aliphatic heterocycles. The van der Waals surface area contributed by atoms with Crippen LogP contribution in [-0.4, -0.2) is 75.5 Å². The predicted octanol–water partition coefficient (Wildman–Crippen LogP) is 3.58. The van der Waals surface area contributed by atoms with Crippen LogP contribution in [0.25, 0.3) is 0 Å². The number of carbonyl (C=O) groups is 3. The maximum Gasteiger partial charge on any atom is 0.337 e. The highest BCUT2D eigenvalue weighted by molar-refractivity contribution is 7.66. The average molecular weight is 540 g/mol. The van der Waals surface area contributed by atoms with Crippen LogP contribution in [0.1, 0.15) is 43.7 Å². The summed E-state index contributed by atoms with van der Waals surface area (Å²) in [7, 11) is -3.52. The van der Waals surface area contributed by atoms with Crippen LogP contribution in [0.15, 0.2) is 60.7 Å². The zero-order valence-corrected chi connectivity index (χ0v) is 22.9. The lowest BCUT2D eigenvalue weighted by Gasteiger charge is -2.43. The number of aliphatic carboxylic acids is 1. The van der Waals surface area contributed by atoms with Gasteiger partial charge < -0.3 is 25.2 Å². The Morgan fingerprint density at radius 3 is 2.03 bits per heavy atom. The van der Waals surface area contributed by atoms with E-state index >= 15 is 4.57 Å². The monoisotopic (exact) mass is 539 g/mol. The molecular weight excluding hydrogens is 501 g/mol. The van der Waals surface area contributed by atoms with E-state index in [1.165, 1.54) is 9.80 Å². The summed E-state index contributed by atoms with van der Waals surface area (Å²) in [5, 5.41) is 8.96. The second kappa shape index (κ2) is 11.8. The zero-order valence-electron chi connectivity index (χ0n) is 22.0. The summed E-state index contributed by atoms with van der Waals surface area (Å²) in [6.45, 7) is 2.20. The van der Waals surface area contributed by atoms with E-state index in [1.807, 2.05) is 60.7 Å². The number of amides is 2. The van der Waals surface area contributed by atoms with Crippen LogP contribution >= 0.6 is 7.14 Å². The molecule has 2 aromatic carbocycles. The van der Waals surface area contributed by atoms with Gasteiger partial charge in [0.05, 0.1) is 6.04 Å². The highest BCUT2D eigenvalue weighted by Gasteiger charge is 2.62. The molecule has 0 saturated carbocycles. The fraction of sp³-hybridized carbons (Fsp3) is 0.483. The van der Waals surface area contributed by atoms with Crippen LogP contribution < -0.4 is 5.73 Å². The molecule has 2 aromatic rings. The van der Waals surface area contributed by atoms with Crippen LogP contribution in [0.4, 0.5) is 0 Å². The second-order valence-electron chi connectivity index (χ2n) is 10.5. The molecule has 0 radical (unpaired) electrons. The van der Waals surface area contributed by atoms with Gasteiger partial charge in [0, 0.05) is 25.4 Å². The van der Waals surface area contributed by atoms with Crippen molar-refractivity contribution in [1.82, 2.24) is 9.80 Å². The van der Waals surface area contributed by atoms with Gasteiger partial charge in [-0.3, -0.25) is 9.59 Å². The number of hydrogen-bond donors (Lipinski definition) is 2. The van der Waals surface area contributed by atoms with E-state index in [2.05, 4.69) is 0 Å². The number of benzene rings is 2. The van der Waals surface area contributed by atoms with Crippen molar-refractivity contribution in [1.29, 1.82) is 0 Å². The van der Waals surface area contributed by atoms with Crippen LogP contribution in [0.3, 0.4) is 0 Å². The molecule has 2 aliphatic rings. The Hall–Kier alpha value is -2.96. The third-order valence-electron chi connectivity index (χ3n) is 8.06. The maximum atomic E-state index is 15.1. The third-order valence-corrected chi connectivity index (χ3v) is 12.0. The number of carboxylic acid groups (broad SMARTS) is 1. The molecule has 2 saturated heterocycles. The van der Waals surface area contributed by atoms with Crippen molar-refractivity contribution in [3.05, 3.63) is 71.8 Å². The topological polar surface area (TPSA) is 121 Å². The molecule has 0 aliphatic carbocycles. The Morgan fingerprint density at radius 1 is 0.974 bits per heavy atom. The zero-order chi connectivity index (χ0) is 27.3. The van der Waals surface area contributed by atoms with Crippen LogP contribution in [0.5, 0.6) is 0 Å². The standard InChI is InChI=1S/C29H38N3O5P/c1-22(30)26(33)31-18-8-14-25(31)27(34)32-19-9-17-29(32,28(35)36)38(37,20-15-23-10-4-2-5-11-23)21-16-24-12-6-3-7-13-24/h2-7,10-13,22,25H,8-9,14-21,30H2,1H3,(H,35,36)/t22-,25-,29+/m0/s1. The van der Waals surface area contributed by atoms with Gasteiger partial charge in [0.25, 0.3) is 0 Å². The second-order valence-corrected chi connectivity index (χ2v) is 13.9. The molecule has 3 N–H and O–H groups in total. The summed E-state index contributed by atoms with van der Waals surface area (Å²) in [6.07, 6.45) is 2.98. The van der Waals surface area contributed by atoms with E-state index in [0.29, 0.717) is 38.6 Å². The first-order chi connectivity index (χ1) is 18.2. The number of hydrogen-bond acceptors (Lipinski definition) is 5. The number of aryl methyl sites for hydroxylation is 2. The molecule has 0 aromatic heterocycles. The molecule has 8 nitrogen and oxygen atoms in total. The summed E-state index contributed by atoms with van der Waals surface area (Å²) in [5.41, 5.74) is 7.80. The van der Waals surface area contributed by atoms with Crippen molar-refractivity contribution in [3.63, 3.8) is 0 Å². The average Bonchev–Trinajstić information content (AvgIpc) is 3.60. The van der Waals surface area contributed by atoms with Crippen LogP contribution in [0, 0.1) is 0 Å². The lowest BCUT2D eigenvalue weighted by Crippen LogP contribution is -2.59. The maximum absolute atomic E-state index is 15.1. The summed E-state index contributed by atoms with van der Waals surface area (Å²) < 4.78 is 15.1. The number of rotatable bonds is 10. The van der Waals surface area contributed by atoms with Crippen molar-refractivity contribution >= 4 is 24.9 Å². The van der Waals surface area contributed by atoms with Gasteiger partial charge in [-0.25, -0.2) is 4.79 Å². The predicted molar refractivity (Wildman–Crippen MR) is 147 cm³/mol. The largest absolute Gasteiger partial charge is 0.479 e. The minimum atomic E-state index is -3.52. The first-order valence-corrected chi connectivity index (χ1v) is 15.5. The molecule has 0 bridgehead atoms. The molecule has 2 fully saturated rings. The van der Waals surface area contributed by atoms with Crippen molar-refractivity contribution in [3.8, 4) is 0 Å². The number of nitrogens with two attached hydrogens (primary N) is 1. The van der Waals surface area contributed by atoms with Gasteiger partial charge in [0.2, 0.25) is 11.8 Å². The Balaban J connectivity index is 1.70. The van der Waals surface area contributed by atoms with E-state index in [0.717, 1.165) is 11.1 Å². The van der Waals surface area contributed by atoms with E-state index in [1.54, 1.807) is 6.92 Å². The highest BCUT2D eigenvalue weighted by Crippen LogP contribution is 2.64. The van der Waals surface area contributed by atoms with Crippen molar-refractivity contribution in [2.75, 3.05) is 25.4 Å². The van der Waals surface area contributed by atoms with Crippen molar-refractivity contribution in [2.24, 2.45) is 5.73 Å². The first kappa shape index (κ1) is 28.1. The Labute approximate surface area is 224 Å². The van der Waals surface area contributed by atoms with Crippen molar-refractivity contribution in [2.45, 2.75) is 62.8 Å². The fourth-order valence-corrected chi connectivity index (χ4v) is 9.79. The Bertz CT molecular complexity index is 1140. The van der Waals surface area contributed by atoms with Gasteiger partial charge >= 0.3 is 5.97 Å².